The number of aliphatic hydroxyl groups is 1. The fourth-order valence-electron chi connectivity index (χ4n) is 3.80. The van der Waals surface area contributed by atoms with E-state index in [1.807, 2.05) is 16.9 Å². The molecule has 0 amide bonds. The van der Waals surface area contributed by atoms with Gasteiger partial charge in [-0.05, 0) is 49.7 Å². The van der Waals surface area contributed by atoms with Gasteiger partial charge in [-0.3, -0.25) is 9.58 Å². The minimum Gasteiger partial charge on any atom is -0.486 e. The second kappa shape index (κ2) is 7.45. The number of hydrogen-bond acceptors (Lipinski definition) is 5. The third kappa shape index (κ3) is 3.65. The monoisotopic (exact) mass is 343 g/mol. The Hall–Kier alpha value is -2.05. The van der Waals surface area contributed by atoms with E-state index < -0.39 is 0 Å². The molecule has 2 aliphatic rings. The topological polar surface area (TPSA) is 59.8 Å². The molecule has 6 heteroatoms. The number of nitrogens with zero attached hydrogens (tertiary/aromatic N) is 3. The maximum absolute atomic E-state index is 9.16. The van der Waals surface area contributed by atoms with Crippen molar-refractivity contribution in [2.75, 3.05) is 32.9 Å². The van der Waals surface area contributed by atoms with Gasteiger partial charge in [-0.15, -0.1) is 0 Å². The van der Waals surface area contributed by atoms with Crippen LogP contribution in [0.4, 0.5) is 0 Å². The van der Waals surface area contributed by atoms with Crippen molar-refractivity contribution in [2.24, 2.45) is 0 Å². The van der Waals surface area contributed by atoms with Gasteiger partial charge in [0.25, 0.3) is 0 Å². The summed E-state index contributed by atoms with van der Waals surface area (Å²) in [6, 6.07) is 8.35. The van der Waals surface area contributed by atoms with E-state index in [9.17, 15) is 0 Å². The van der Waals surface area contributed by atoms with Crippen LogP contribution in [0.5, 0.6) is 11.5 Å². The lowest BCUT2D eigenvalue weighted by molar-refractivity contribution is 0.170. The van der Waals surface area contributed by atoms with Crippen molar-refractivity contribution < 1.29 is 14.6 Å². The Balaban J connectivity index is 1.35. The van der Waals surface area contributed by atoms with Gasteiger partial charge in [0.05, 0.1) is 13.2 Å². The first-order valence-corrected chi connectivity index (χ1v) is 9.07. The first-order valence-electron chi connectivity index (χ1n) is 9.07. The molecular formula is C19H25N3O3. The molecule has 1 saturated heterocycles. The minimum absolute atomic E-state index is 0.137. The van der Waals surface area contributed by atoms with Gasteiger partial charge in [0.2, 0.25) is 0 Å². The molecule has 1 N–H and O–H groups in total. The van der Waals surface area contributed by atoms with E-state index in [-0.39, 0.29) is 6.61 Å². The molecule has 134 valence electrons. The summed E-state index contributed by atoms with van der Waals surface area (Å²) < 4.78 is 13.2. The number of fused-ring (bicyclic) bond motifs is 1. The predicted octanol–water partition coefficient (Wildman–Crippen LogP) is 2.03. The Bertz CT molecular complexity index is 708. The fourth-order valence-corrected chi connectivity index (χ4v) is 3.80. The standard InChI is InChI=1S/C19H25N3O3/c23-10-9-22-17(3-6-20-22)16-4-7-21(8-5-16)14-15-1-2-18-19(13-15)25-12-11-24-18/h1-3,6,13,16,23H,4-5,7-12,14H2. The Kier molecular flexibility index (Phi) is 4.90. The van der Waals surface area contributed by atoms with Gasteiger partial charge < -0.3 is 14.6 Å². The van der Waals surface area contributed by atoms with Crippen molar-refractivity contribution in [3.63, 3.8) is 0 Å². The number of aromatic nitrogens is 2. The number of piperidine rings is 1. The first-order chi connectivity index (χ1) is 12.3. The second-order valence-electron chi connectivity index (χ2n) is 6.73. The molecule has 0 spiro atoms. The average Bonchev–Trinajstić information content (AvgIpc) is 3.11. The van der Waals surface area contributed by atoms with E-state index in [4.69, 9.17) is 14.6 Å². The van der Waals surface area contributed by atoms with E-state index in [0.29, 0.717) is 25.7 Å². The quantitative estimate of drug-likeness (QED) is 0.900. The molecule has 0 unspecified atom stereocenters. The third-order valence-electron chi connectivity index (χ3n) is 5.08. The van der Waals surface area contributed by atoms with Crippen LogP contribution in [-0.4, -0.2) is 52.7 Å². The van der Waals surface area contributed by atoms with Crippen molar-refractivity contribution in [1.82, 2.24) is 14.7 Å². The molecule has 0 saturated carbocycles. The smallest absolute Gasteiger partial charge is 0.161 e. The van der Waals surface area contributed by atoms with E-state index in [1.54, 1.807) is 0 Å². The third-order valence-corrected chi connectivity index (χ3v) is 5.08. The van der Waals surface area contributed by atoms with Crippen LogP contribution in [0.2, 0.25) is 0 Å². The largest absolute Gasteiger partial charge is 0.486 e. The summed E-state index contributed by atoms with van der Waals surface area (Å²) in [7, 11) is 0. The van der Waals surface area contributed by atoms with Crippen LogP contribution in [0.3, 0.4) is 0 Å². The first kappa shape index (κ1) is 16.4. The second-order valence-corrected chi connectivity index (χ2v) is 6.73. The van der Waals surface area contributed by atoms with Gasteiger partial charge in [-0.2, -0.15) is 5.10 Å². The summed E-state index contributed by atoms with van der Waals surface area (Å²) in [5.74, 6) is 2.25. The van der Waals surface area contributed by atoms with Gasteiger partial charge in [-0.1, -0.05) is 6.07 Å². The van der Waals surface area contributed by atoms with Gasteiger partial charge in [-0.25, -0.2) is 0 Å². The Morgan fingerprint density at radius 2 is 1.88 bits per heavy atom. The fraction of sp³-hybridized carbons (Fsp3) is 0.526. The predicted molar refractivity (Wildman–Crippen MR) is 94.0 cm³/mol. The Morgan fingerprint density at radius 3 is 2.68 bits per heavy atom. The highest BCUT2D eigenvalue weighted by atomic mass is 16.6. The molecule has 0 bridgehead atoms. The van der Waals surface area contributed by atoms with Crippen LogP contribution in [-0.2, 0) is 13.1 Å². The highest BCUT2D eigenvalue weighted by Gasteiger charge is 2.23. The molecule has 0 radical (unpaired) electrons. The lowest BCUT2D eigenvalue weighted by Gasteiger charge is -2.32. The van der Waals surface area contributed by atoms with E-state index in [0.717, 1.165) is 44.0 Å². The summed E-state index contributed by atoms with van der Waals surface area (Å²) >= 11 is 0. The molecule has 0 atom stereocenters. The average molecular weight is 343 g/mol. The van der Waals surface area contributed by atoms with Crippen LogP contribution in [0.1, 0.15) is 30.0 Å². The van der Waals surface area contributed by atoms with Crippen LogP contribution < -0.4 is 9.47 Å². The molecule has 0 aliphatic carbocycles. The maximum atomic E-state index is 9.16. The zero-order valence-corrected chi connectivity index (χ0v) is 14.4. The zero-order valence-electron chi connectivity index (χ0n) is 14.4. The molecule has 1 aromatic carbocycles. The Labute approximate surface area is 148 Å². The van der Waals surface area contributed by atoms with Crippen LogP contribution >= 0.6 is 0 Å². The number of rotatable bonds is 5. The van der Waals surface area contributed by atoms with Gasteiger partial charge in [0, 0.05) is 24.4 Å². The van der Waals surface area contributed by atoms with Crippen LogP contribution in [0, 0.1) is 0 Å². The minimum atomic E-state index is 0.137. The lowest BCUT2D eigenvalue weighted by atomic mass is 9.93. The molecule has 2 aliphatic heterocycles. The summed E-state index contributed by atoms with van der Waals surface area (Å²) in [6.45, 7) is 5.07. The van der Waals surface area contributed by atoms with Crippen LogP contribution in [0.15, 0.2) is 30.5 Å². The van der Waals surface area contributed by atoms with Crippen molar-refractivity contribution >= 4 is 0 Å². The highest BCUT2D eigenvalue weighted by Crippen LogP contribution is 2.32. The summed E-state index contributed by atoms with van der Waals surface area (Å²) in [6.07, 6.45) is 4.09. The molecule has 2 aromatic rings. The van der Waals surface area contributed by atoms with Crippen molar-refractivity contribution in [3.8, 4) is 11.5 Å². The van der Waals surface area contributed by atoms with Gasteiger partial charge in [0.1, 0.15) is 13.2 Å². The molecule has 6 nitrogen and oxygen atoms in total. The lowest BCUT2D eigenvalue weighted by Crippen LogP contribution is -2.33. The van der Waals surface area contributed by atoms with Crippen molar-refractivity contribution in [2.45, 2.75) is 31.8 Å². The molecular weight excluding hydrogens is 318 g/mol. The number of aliphatic hydroxyl groups excluding tert-OH is 1. The number of benzene rings is 1. The molecule has 3 heterocycles. The van der Waals surface area contributed by atoms with Gasteiger partial charge in [0.15, 0.2) is 11.5 Å². The van der Waals surface area contributed by atoms with E-state index >= 15 is 0 Å². The summed E-state index contributed by atoms with van der Waals surface area (Å²) in [5, 5.41) is 13.5. The van der Waals surface area contributed by atoms with Gasteiger partial charge >= 0.3 is 0 Å². The number of hydrogen-bond donors (Lipinski definition) is 1. The summed E-state index contributed by atoms with van der Waals surface area (Å²) in [4.78, 5) is 2.49. The number of ether oxygens (including phenoxy) is 2. The Morgan fingerprint density at radius 1 is 1.08 bits per heavy atom. The van der Waals surface area contributed by atoms with E-state index in [2.05, 4.69) is 28.2 Å². The molecule has 1 fully saturated rings. The SMILES string of the molecule is OCCn1nccc1C1CCN(Cc2ccc3c(c2)OCCO3)CC1. The summed E-state index contributed by atoms with van der Waals surface area (Å²) in [5.41, 5.74) is 2.53. The molecule has 1 aromatic heterocycles. The van der Waals surface area contributed by atoms with Crippen molar-refractivity contribution in [3.05, 3.63) is 41.7 Å². The van der Waals surface area contributed by atoms with Crippen LogP contribution in [0.25, 0.3) is 0 Å². The maximum Gasteiger partial charge on any atom is 0.161 e. The molecule has 25 heavy (non-hydrogen) atoms. The number of likely N-dealkylation sites (tertiary alicyclic amines) is 1. The van der Waals surface area contributed by atoms with E-state index in [1.165, 1.54) is 11.3 Å². The van der Waals surface area contributed by atoms with Crippen molar-refractivity contribution in [1.29, 1.82) is 0 Å². The molecule has 4 rings (SSSR count). The zero-order chi connectivity index (χ0) is 17.1. The normalized spacial score (nSPS) is 18.4. The highest BCUT2D eigenvalue weighted by molar-refractivity contribution is 5.43.